The number of halogens is 3. The van der Waals surface area contributed by atoms with Crippen LogP contribution in [0.2, 0.25) is 0 Å². The zero-order valence-corrected chi connectivity index (χ0v) is 16.2. The number of carbonyl (C=O) groups is 2. The standard InChI is InChI=1S/C17H20F3N3O5S/c18-17(19,20)29(26,27)14-4-2-1-3-13(14)21-5-7-22(8-6-21)15(24)16(25)23-9-11-28-12-10-23/h1-4H,5-12H2. The van der Waals surface area contributed by atoms with Crippen LogP contribution in [0.1, 0.15) is 0 Å². The van der Waals surface area contributed by atoms with Crippen molar-refractivity contribution in [1.29, 1.82) is 0 Å². The van der Waals surface area contributed by atoms with E-state index in [1.165, 1.54) is 32.9 Å². The van der Waals surface area contributed by atoms with Gasteiger partial charge < -0.3 is 19.4 Å². The number of ether oxygens (including phenoxy) is 1. The summed E-state index contributed by atoms with van der Waals surface area (Å²) in [6, 6.07) is 4.89. The van der Waals surface area contributed by atoms with E-state index in [-0.39, 0.29) is 31.9 Å². The molecule has 1 aromatic rings. The van der Waals surface area contributed by atoms with Crippen molar-refractivity contribution in [3.8, 4) is 0 Å². The average molecular weight is 435 g/mol. The van der Waals surface area contributed by atoms with E-state index in [1.54, 1.807) is 0 Å². The van der Waals surface area contributed by atoms with Crippen LogP contribution in [-0.4, -0.2) is 88.0 Å². The van der Waals surface area contributed by atoms with Gasteiger partial charge in [0, 0.05) is 39.3 Å². The van der Waals surface area contributed by atoms with Crippen LogP contribution >= 0.6 is 0 Å². The Labute approximate surface area is 165 Å². The molecule has 2 aliphatic rings. The van der Waals surface area contributed by atoms with Gasteiger partial charge in [-0.2, -0.15) is 13.2 Å². The molecule has 29 heavy (non-hydrogen) atoms. The largest absolute Gasteiger partial charge is 0.501 e. The highest BCUT2D eigenvalue weighted by Gasteiger charge is 2.48. The number of sulfone groups is 1. The van der Waals surface area contributed by atoms with Gasteiger partial charge in [0.15, 0.2) is 0 Å². The number of alkyl halides is 3. The molecule has 0 spiro atoms. The van der Waals surface area contributed by atoms with Crippen LogP contribution in [0.3, 0.4) is 0 Å². The van der Waals surface area contributed by atoms with Gasteiger partial charge in [-0.3, -0.25) is 9.59 Å². The summed E-state index contributed by atoms with van der Waals surface area (Å²) in [7, 11) is -5.51. The van der Waals surface area contributed by atoms with Crippen LogP contribution in [0.25, 0.3) is 0 Å². The third kappa shape index (κ3) is 4.32. The Balaban J connectivity index is 1.70. The van der Waals surface area contributed by atoms with E-state index in [4.69, 9.17) is 4.74 Å². The fourth-order valence-corrected chi connectivity index (χ4v) is 4.24. The number of carbonyl (C=O) groups excluding carboxylic acids is 2. The summed E-state index contributed by atoms with van der Waals surface area (Å²) >= 11 is 0. The summed E-state index contributed by atoms with van der Waals surface area (Å²) < 4.78 is 67.9. The monoisotopic (exact) mass is 435 g/mol. The molecule has 0 atom stereocenters. The van der Waals surface area contributed by atoms with Gasteiger partial charge in [-0.1, -0.05) is 12.1 Å². The predicted octanol–water partition coefficient (Wildman–Crippen LogP) is 0.487. The molecule has 1 aromatic carbocycles. The lowest BCUT2D eigenvalue weighted by molar-refractivity contribution is -0.154. The molecular formula is C17H20F3N3O5S. The quantitative estimate of drug-likeness (QED) is 0.629. The maximum absolute atomic E-state index is 13.0. The second kappa shape index (κ2) is 8.19. The molecule has 8 nitrogen and oxygen atoms in total. The predicted molar refractivity (Wildman–Crippen MR) is 95.9 cm³/mol. The third-order valence-electron chi connectivity index (χ3n) is 4.85. The lowest BCUT2D eigenvalue weighted by Gasteiger charge is -2.37. The molecule has 0 radical (unpaired) electrons. The number of anilines is 1. The molecular weight excluding hydrogens is 415 g/mol. The molecule has 0 aliphatic carbocycles. The van der Waals surface area contributed by atoms with Crippen molar-refractivity contribution in [3.05, 3.63) is 24.3 Å². The minimum absolute atomic E-state index is 0.0728. The Hall–Kier alpha value is -2.34. The van der Waals surface area contributed by atoms with Gasteiger partial charge in [0.2, 0.25) is 0 Å². The minimum Gasteiger partial charge on any atom is -0.378 e. The molecule has 2 heterocycles. The van der Waals surface area contributed by atoms with Crippen molar-refractivity contribution in [2.45, 2.75) is 10.4 Å². The number of hydrogen-bond acceptors (Lipinski definition) is 6. The molecule has 3 rings (SSSR count). The van der Waals surface area contributed by atoms with E-state index in [2.05, 4.69) is 0 Å². The van der Waals surface area contributed by atoms with Crippen LogP contribution < -0.4 is 4.90 Å². The molecule has 160 valence electrons. The Bertz CT molecular complexity index is 877. The van der Waals surface area contributed by atoms with Crippen LogP contribution in [-0.2, 0) is 24.2 Å². The number of para-hydroxylation sites is 1. The molecule has 0 N–H and O–H groups in total. The van der Waals surface area contributed by atoms with E-state index in [1.807, 2.05) is 0 Å². The molecule has 12 heteroatoms. The summed E-state index contributed by atoms with van der Waals surface area (Å²) in [5, 5.41) is 0. The maximum atomic E-state index is 13.0. The molecule has 2 fully saturated rings. The van der Waals surface area contributed by atoms with E-state index >= 15 is 0 Å². The van der Waals surface area contributed by atoms with Crippen molar-refractivity contribution in [1.82, 2.24) is 9.80 Å². The van der Waals surface area contributed by atoms with Crippen LogP contribution in [0, 0.1) is 0 Å². The molecule has 0 bridgehead atoms. The number of amides is 2. The zero-order chi connectivity index (χ0) is 21.2. The molecule has 2 aliphatic heterocycles. The molecule has 2 saturated heterocycles. The highest BCUT2D eigenvalue weighted by atomic mass is 32.2. The number of nitrogens with zero attached hydrogens (tertiary/aromatic N) is 3. The SMILES string of the molecule is O=C(C(=O)N1CCN(c2ccccc2S(=O)(=O)C(F)(F)F)CC1)N1CCOCC1. The van der Waals surface area contributed by atoms with Crippen molar-refractivity contribution < 1.29 is 35.9 Å². The van der Waals surface area contributed by atoms with Crippen LogP contribution in [0.15, 0.2) is 29.2 Å². The van der Waals surface area contributed by atoms with Crippen molar-refractivity contribution in [3.63, 3.8) is 0 Å². The number of morpholine rings is 1. The zero-order valence-electron chi connectivity index (χ0n) is 15.4. The first-order chi connectivity index (χ1) is 13.6. The molecule has 0 saturated carbocycles. The fraction of sp³-hybridized carbons (Fsp3) is 0.529. The van der Waals surface area contributed by atoms with Gasteiger partial charge in [0.25, 0.3) is 9.84 Å². The van der Waals surface area contributed by atoms with Gasteiger partial charge in [0.05, 0.1) is 23.8 Å². The third-order valence-corrected chi connectivity index (χ3v) is 6.38. The Morgan fingerprint density at radius 3 is 1.93 bits per heavy atom. The van der Waals surface area contributed by atoms with Crippen LogP contribution in [0.5, 0.6) is 0 Å². The maximum Gasteiger partial charge on any atom is 0.501 e. The lowest BCUT2D eigenvalue weighted by atomic mass is 10.2. The van der Waals surface area contributed by atoms with Crippen molar-refractivity contribution in [2.24, 2.45) is 0 Å². The van der Waals surface area contributed by atoms with Gasteiger partial charge >= 0.3 is 17.3 Å². The van der Waals surface area contributed by atoms with Crippen molar-refractivity contribution in [2.75, 3.05) is 57.4 Å². The second-order valence-electron chi connectivity index (χ2n) is 6.60. The Morgan fingerprint density at radius 2 is 1.38 bits per heavy atom. The summed E-state index contributed by atoms with van der Waals surface area (Å²) in [6.45, 7) is 1.76. The summed E-state index contributed by atoms with van der Waals surface area (Å²) in [5.74, 6) is -1.32. The van der Waals surface area contributed by atoms with E-state index in [0.29, 0.717) is 26.3 Å². The summed E-state index contributed by atoms with van der Waals surface area (Å²) in [6.07, 6.45) is 0. The number of benzene rings is 1. The number of hydrogen-bond donors (Lipinski definition) is 0. The highest BCUT2D eigenvalue weighted by molar-refractivity contribution is 7.92. The second-order valence-corrected chi connectivity index (χ2v) is 8.51. The van der Waals surface area contributed by atoms with Crippen molar-refractivity contribution >= 4 is 27.3 Å². The van der Waals surface area contributed by atoms with E-state index < -0.39 is 32.1 Å². The van der Waals surface area contributed by atoms with Gasteiger partial charge in [-0.05, 0) is 12.1 Å². The van der Waals surface area contributed by atoms with E-state index in [0.717, 1.165) is 6.07 Å². The summed E-state index contributed by atoms with van der Waals surface area (Å²) in [4.78, 5) is 28.1. The van der Waals surface area contributed by atoms with Gasteiger partial charge in [0.1, 0.15) is 0 Å². The summed E-state index contributed by atoms with van der Waals surface area (Å²) in [5.41, 5.74) is -5.48. The average Bonchev–Trinajstić information content (AvgIpc) is 2.72. The first kappa shape index (κ1) is 21.4. The Morgan fingerprint density at radius 1 is 0.862 bits per heavy atom. The smallest absolute Gasteiger partial charge is 0.378 e. The topological polar surface area (TPSA) is 87.2 Å². The van der Waals surface area contributed by atoms with Crippen LogP contribution in [0.4, 0.5) is 18.9 Å². The first-order valence-corrected chi connectivity index (χ1v) is 10.4. The number of rotatable bonds is 2. The molecule has 0 unspecified atom stereocenters. The van der Waals surface area contributed by atoms with Gasteiger partial charge in [-0.25, -0.2) is 8.42 Å². The Kier molecular flexibility index (Phi) is 6.03. The first-order valence-electron chi connectivity index (χ1n) is 8.94. The lowest BCUT2D eigenvalue weighted by Crippen LogP contribution is -2.54. The minimum atomic E-state index is -5.51. The molecule has 0 aromatic heterocycles. The molecule has 2 amide bonds. The number of piperazine rings is 1. The van der Waals surface area contributed by atoms with Gasteiger partial charge in [-0.15, -0.1) is 0 Å². The highest BCUT2D eigenvalue weighted by Crippen LogP contribution is 2.36. The normalized spacial score (nSPS) is 18.7. The van der Waals surface area contributed by atoms with E-state index in [9.17, 15) is 31.2 Å². The fourth-order valence-electron chi connectivity index (χ4n) is 3.26.